The van der Waals surface area contributed by atoms with Crippen molar-refractivity contribution in [3.8, 4) is 0 Å². The summed E-state index contributed by atoms with van der Waals surface area (Å²) in [4.78, 5) is 0.627. The van der Waals surface area contributed by atoms with Crippen molar-refractivity contribution in [3.63, 3.8) is 0 Å². The number of hydrogen-bond donors (Lipinski definition) is 1. The van der Waals surface area contributed by atoms with Crippen molar-refractivity contribution >= 4 is 9.84 Å². The summed E-state index contributed by atoms with van der Waals surface area (Å²) < 4.78 is 24.9. The molecule has 3 rings (SSSR count). The number of nitrogens with one attached hydrogen (secondary N) is 1. The Morgan fingerprint density at radius 2 is 1.85 bits per heavy atom. The molecule has 0 saturated carbocycles. The topological polar surface area (TPSA) is 46.2 Å². The van der Waals surface area contributed by atoms with Crippen molar-refractivity contribution in [3.05, 3.63) is 60.2 Å². The Balaban J connectivity index is 1.91. The highest BCUT2D eigenvalue weighted by atomic mass is 32.2. The third-order valence-electron chi connectivity index (χ3n) is 3.67. The zero-order valence-electron chi connectivity index (χ0n) is 11.0. The smallest absolute Gasteiger partial charge is 0.206 e. The SMILES string of the molecule is O=S(=O)(c1c[c]c(C2CCNC2)cc1)c1ccccc1. The average molecular weight is 286 g/mol. The van der Waals surface area contributed by atoms with E-state index >= 15 is 0 Å². The molecule has 1 fully saturated rings. The van der Waals surface area contributed by atoms with Crippen LogP contribution in [0, 0.1) is 6.07 Å². The highest BCUT2D eigenvalue weighted by Crippen LogP contribution is 2.25. The van der Waals surface area contributed by atoms with Crippen molar-refractivity contribution in [2.24, 2.45) is 0 Å². The molecule has 1 saturated heterocycles. The van der Waals surface area contributed by atoms with E-state index < -0.39 is 9.84 Å². The molecule has 0 aromatic heterocycles. The molecule has 1 unspecified atom stereocenters. The van der Waals surface area contributed by atoms with Gasteiger partial charge in [0.05, 0.1) is 9.79 Å². The van der Waals surface area contributed by atoms with Crippen LogP contribution in [0.5, 0.6) is 0 Å². The summed E-state index contributed by atoms with van der Waals surface area (Å²) in [5.74, 6) is 0.448. The van der Waals surface area contributed by atoms with Gasteiger partial charge in [0.1, 0.15) is 0 Å². The molecule has 3 nitrogen and oxygen atoms in total. The minimum atomic E-state index is -3.43. The second kappa shape index (κ2) is 5.38. The summed E-state index contributed by atoms with van der Waals surface area (Å²) in [5.41, 5.74) is 1.09. The molecule has 2 aromatic rings. The number of sulfone groups is 1. The minimum absolute atomic E-state index is 0.304. The molecule has 1 radical (unpaired) electrons. The van der Waals surface area contributed by atoms with Crippen LogP contribution in [-0.4, -0.2) is 21.5 Å². The third kappa shape index (κ3) is 2.49. The zero-order valence-corrected chi connectivity index (χ0v) is 11.9. The van der Waals surface area contributed by atoms with Gasteiger partial charge in [-0.25, -0.2) is 8.42 Å². The van der Waals surface area contributed by atoms with Gasteiger partial charge in [0.25, 0.3) is 0 Å². The van der Waals surface area contributed by atoms with E-state index in [4.69, 9.17) is 0 Å². The summed E-state index contributed by atoms with van der Waals surface area (Å²) in [7, 11) is -3.43. The van der Waals surface area contributed by atoms with Gasteiger partial charge in [-0.3, -0.25) is 0 Å². The lowest BCUT2D eigenvalue weighted by atomic mass is 9.99. The van der Waals surface area contributed by atoms with Gasteiger partial charge in [-0.2, -0.15) is 0 Å². The van der Waals surface area contributed by atoms with E-state index in [0.717, 1.165) is 25.1 Å². The largest absolute Gasteiger partial charge is 0.316 e. The van der Waals surface area contributed by atoms with Crippen molar-refractivity contribution < 1.29 is 8.42 Å². The third-order valence-corrected chi connectivity index (χ3v) is 5.44. The predicted molar refractivity (Wildman–Crippen MR) is 77.4 cm³/mol. The maximum absolute atomic E-state index is 12.4. The Kier molecular flexibility index (Phi) is 3.59. The molecular formula is C16H16NO2S. The van der Waals surface area contributed by atoms with Crippen LogP contribution in [-0.2, 0) is 9.84 Å². The Morgan fingerprint density at radius 3 is 2.45 bits per heavy atom. The van der Waals surface area contributed by atoms with E-state index in [1.165, 1.54) is 0 Å². The standard InChI is InChI=1S/C16H16NO2S/c18-20(19,15-4-2-1-3-5-15)16-8-6-13(7-9-16)14-10-11-17-12-14/h1-6,8-9,14,17H,10-12H2. The van der Waals surface area contributed by atoms with Gasteiger partial charge in [-0.1, -0.05) is 24.3 Å². The molecule has 1 N–H and O–H groups in total. The van der Waals surface area contributed by atoms with E-state index in [9.17, 15) is 8.42 Å². The Labute approximate surface area is 119 Å². The second-order valence-electron chi connectivity index (χ2n) is 4.99. The van der Waals surface area contributed by atoms with Gasteiger partial charge >= 0.3 is 0 Å². The van der Waals surface area contributed by atoms with E-state index in [0.29, 0.717) is 15.7 Å². The second-order valence-corrected chi connectivity index (χ2v) is 6.94. The van der Waals surface area contributed by atoms with Gasteiger partial charge in [0.15, 0.2) is 0 Å². The first-order valence-electron chi connectivity index (χ1n) is 6.70. The molecule has 1 aliphatic heterocycles. The van der Waals surface area contributed by atoms with Crippen molar-refractivity contribution in [2.75, 3.05) is 13.1 Å². The molecule has 2 aromatic carbocycles. The van der Waals surface area contributed by atoms with Crippen LogP contribution in [0.25, 0.3) is 0 Å². The first-order valence-corrected chi connectivity index (χ1v) is 8.19. The highest BCUT2D eigenvalue weighted by molar-refractivity contribution is 7.91. The average Bonchev–Trinajstić information content (AvgIpc) is 3.02. The maximum atomic E-state index is 12.4. The van der Waals surface area contributed by atoms with Gasteiger partial charge < -0.3 is 5.32 Å². The van der Waals surface area contributed by atoms with Crippen LogP contribution in [0.4, 0.5) is 0 Å². The Morgan fingerprint density at radius 1 is 1.05 bits per heavy atom. The van der Waals surface area contributed by atoms with Crippen LogP contribution in [0.3, 0.4) is 0 Å². The van der Waals surface area contributed by atoms with Crippen LogP contribution in [0.15, 0.2) is 58.3 Å². The fourth-order valence-electron chi connectivity index (χ4n) is 2.50. The fraction of sp³-hybridized carbons (Fsp3) is 0.250. The van der Waals surface area contributed by atoms with Crippen molar-refractivity contribution in [1.29, 1.82) is 0 Å². The summed E-state index contributed by atoms with van der Waals surface area (Å²) in [6, 6.07) is 16.8. The van der Waals surface area contributed by atoms with Crippen LogP contribution in [0.1, 0.15) is 17.9 Å². The molecule has 103 valence electrons. The summed E-state index contributed by atoms with van der Waals surface area (Å²) in [5, 5.41) is 3.30. The summed E-state index contributed by atoms with van der Waals surface area (Å²) in [6.45, 7) is 1.96. The van der Waals surface area contributed by atoms with Gasteiger partial charge in [0.2, 0.25) is 9.84 Å². The maximum Gasteiger partial charge on any atom is 0.206 e. The Bertz CT molecular complexity index is 672. The molecule has 4 heteroatoms. The van der Waals surface area contributed by atoms with Crippen LogP contribution in [0.2, 0.25) is 0 Å². The van der Waals surface area contributed by atoms with E-state index in [2.05, 4.69) is 11.4 Å². The van der Waals surface area contributed by atoms with Crippen molar-refractivity contribution in [1.82, 2.24) is 5.32 Å². The van der Waals surface area contributed by atoms with Gasteiger partial charge in [-0.15, -0.1) is 0 Å². The first kappa shape index (κ1) is 13.3. The van der Waals surface area contributed by atoms with Crippen LogP contribution < -0.4 is 5.32 Å². The quantitative estimate of drug-likeness (QED) is 0.942. The molecule has 0 spiro atoms. The predicted octanol–water partition coefficient (Wildman–Crippen LogP) is 2.40. The van der Waals surface area contributed by atoms with Gasteiger partial charge in [0, 0.05) is 6.54 Å². The van der Waals surface area contributed by atoms with Gasteiger partial charge in [-0.05, 0) is 54.8 Å². The highest BCUT2D eigenvalue weighted by Gasteiger charge is 2.20. The first-order chi connectivity index (χ1) is 9.68. The lowest BCUT2D eigenvalue weighted by molar-refractivity contribution is 0.596. The monoisotopic (exact) mass is 286 g/mol. The Hall–Kier alpha value is -1.65. The van der Waals surface area contributed by atoms with E-state index in [-0.39, 0.29) is 0 Å². The summed E-state index contributed by atoms with van der Waals surface area (Å²) >= 11 is 0. The summed E-state index contributed by atoms with van der Waals surface area (Å²) in [6.07, 6.45) is 1.08. The van der Waals surface area contributed by atoms with E-state index in [1.54, 1.807) is 42.5 Å². The lowest BCUT2D eigenvalue weighted by Gasteiger charge is -2.09. The number of rotatable bonds is 3. The molecular weight excluding hydrogens is 270 g/mol. The lowest BCUT2D eigenvalue weighted by Crippen LogP contribution is -2.08. The molecule has 0 aliphatic carbocycles. The molecule has 1 heterocycles. The minimum Gasteiger partial charge on any atom is -0.316 e. The van der Waals surface area contributed by atoms with Crippen LogP contribution >= 0.6 is 0 Å². The normalized spacial score (nSPS) is 19.1. The molecule has 1 aliphatic rings. The molecule has 0 bridgehead atoms. The molecule has 20 heavy (non-hydrogen) atoms. The van der Waals surface area contributed by atoms with Crippen molar-refractivity contribution in [2.45, 2.75) is 22.1 Å². The number of benzene rings is 2. The zero-order chi connectivity index (χ0) is 14.0. The fourth-order valence-corrected chi connectivity index (χ4v) is 3.75. The molecule has 1 atom stereocenters. The van der Waals surface area contributed by atoms with E-state index in [1.807, 2.05) is 6.07 Å². The number of hydrogen-bond acceptors (Lipinski definition) is 3. The molecule has 0 amide bonds.